The molecule has 2 aliphatic heterocycles. The fourth-order valence-corrected chi connectivity index (χ4v) is 4.44. The van der Waals surface area contributed by atoms with E-state index in [1.54, 1.807) is 19.1 Å². The summed E-state index contributed by atoms with van der Waals surface area (Å²) < 4.78 is 11.8. The number of fused-ring (bicyclic) bond motifs is 4. The van der Waals surface area contributed by atoms with Crippen LogP contribution < -0.4 is 15.0 Å². The summed E-state index contributed by atoms with van der Waals surface area (Å²) in [6.45, 7) is 3.97. The first-order valence-corrected chi connectivity index (χ1v) is 9.55. The van der Waals surface area contributed by atoms with E-state index < -0.39 is 11.6 Å². The highest BCUT2D eigenvalue weighted by atomic mass is 35.5. The smallest absolute Gasteiger partial charge is 0.317 e. The summed E-state index contributed by atoms with van der Waals surface area (Å²) in [4.78, 5) is 14.8. The predicted molar refractivity (Wildman–Crippen MR) is 108 cm³/mol. The van der Waals surface area contributed by atoms with Crippen molar-refractivity contribution in [2.24, 2.45) is 5.92 Å². The molecule has 7 heteroatoms. The highest BCUT2D eigenvalue weighted by Gasteiger charge is 2.59. The van der Waals surface area contributed by atoms with Gasteiger partial charge in [-0.3, -0.25) is 9.69 Å². The zero-order valence-corrected chi connectivity index (χ0v) is 16.5. The Kier molecular flexibility index (Phi) is 4.48. The van der Waals surface area contributed by atoms with Crippen molar-refractivity contribution in [3.63, 3.8) is 0 Å². The molecule has 4 rings (SSSR count). The molecule has 0 spiro atoms. The highest BCUT2D eigenvalue weighted by molar-refractivity contribution is 7.80. The molecule has 0 aromatic heterocycles. The Morgan fingerprint density at radius 2 is 2.00 bits per heavy atom. The summed E-state index contributed by atoms with van der Waals surface area (Å²) in [7, 11) is 0. The number of hydrogen-bond donors (Lipinski definition) is 1. The van der Waals surface area contributed by atoms with E-state index >= 15 is 0 Å². The average Bonchev–Trinajstić information content (AvgIpc) is 2.62. The summed E-state index contributed by atoms with van der Waals surface area (Å²) >= 11 is 11.7. The van der Waals surface area contributed by atoms with E-state index in [4.69, 9.17) is 33.3 Å². The first kappa shape index (κ1) is 18.1. The minimum atomic E-state index is -1.04. The van der Waals surface area contributed by atoms with E-state index in [-0.39, 0.29) is 12.0 Å². The number of ether oxygens (including phenoxy) is 2. The molecule has 2 aromatic carbocycles. The quantitative estimate of drug-likeness (QED) is 0.617. The molecule has 2 aromatic rings. The molecule has 0 unspecified atom stereocenters. The third-order valence-corrected chi connectivity index (χ3v) is 5.58. The number of nitrogens with zero attached hydrogens (tertiary/aromatic N) is 1. The Bertz CT molecular complexity index is 904. The van der Waals surface area contributed by atoms with Crippen LogP contribution in [0.2, 0.25) is 5.02 Å². The second-order valence-corrected chi connectivity index (χ2v) is 7.49. The van der Waals surface area contributed by atoms with Crippen molar-refractivity contribution >= 4 is 40.6 Å². The fourth-order valence-electron chi connectivity index (χ4n) is 3.90. The van der Waals surface area contributed by atoms with Crippen LogP contribution in [0.4, 0.5) is 5.69 Å². The molecule has 0 radical (unpaired) electrons. The van der Waals surface area contributed by atoms with Crippen LogP contribution in [0.15, 0.2) is 48.5 Å². The number of para-hydroxylation sites is 1. The lowest BCUT2D eigenvalue weighted by atomic mass is 9.79. The molecule has 1 fully saturated rings. The first-order chi connectivity index (χ1) is 13.0. The lowest BCUT2D eigenvalue weighted by Gasteiger charge is -2.55. The molecule has 140 valence electrons. The molecule has 3 atom stereocenters. The molecule has 0 amide bonds. The van der Waals surface area contributed by atoms with Gasteiger partial charge in [-0.2, -0.15) is 0 Å². The maximum absolute atomic E-state index is 12.9. The van der Waals surface area contributed by atoms with Gasteiger partial charge in [-0.1, -0.05) is 29.8 Å². The first-order valence-electron chi connectivity index (χ1n) is 8.76. The number of carbonyl (C=O) groups is 1. The summed E-state index contributed by atoms with van der Waals surface area (Å²) in [6, 6.07) is 14.6. The maximum Gasteiger partial charge on any atom is 0.317 e. The van der Waals surface area contributed by atoms with Crippen LogP contribution >= 0.6 is 23.8 Å². The molecule has 0 saturated carbocycles. The fraction of sp³-hybridized carbons (Fsp3) is 0.300. The summed E-state index contributed by atoms with van der Waals surface area (Å²) in [5, 5.41) is 4.43. The third kappa shape index (κ3) is 2.84. The van der Waals surface area contributed by atoms with Gasteiger partial charge >= 0.3 is 5.97 Å². The Labute approximate surface area is 168 Å². The number of benzene rings is 2. The molecule has 2 heterocycles. The number of carbonyl (C=O) groups excluding carboxylic acids is 1. The largest absolute Gasteiger partial charge is 0.466 e. The van der Waals surface area contributed by atoms with Crippen molar-refractivity contribution < 1.29 is 14.3 Å². The SMILES string of the molecule is CCOC(=O)[C@@H]1[C@H]2NC(=S)N(c3ccc(Cl)cc3)[C@@]1(C)Oc1ccccc12. The molecular formula is C20H19ClN2O3S. The Hall–Kier alpha value is -2.31. The van der Waals surface area contributed by atoms with Gasteiger partial charge in [0.1, 0.15) is 11.7 Å². The van der Waals surface area contributed by atoms with Crippen LogP contribution in [0.25, 0.3) is 0 Å². The molecule has 2 aliphatic rings. The highest BCUT2D eigenvalue weighted by Crippen LogP contribution is 2.49. The van der Waals surface area contributed by atoms with E-state index in [2.05, 4.69) is 5.32 Å². The number of thiocarbonyl (C=S) groups is 1. The Morgan fingerprint density at radius 1 is 1.30 bits per heavy atom. The molecule has 1 saturated heterocycles. The van der Waals surface area contributed by atoms with Crippen LogP contribution in [-0.2, 0) is 9.53 Å². The maximum atomic E-state index is 12.9. The van der Waals surface area contributed by atoms with Crippen LogP contribution in [0, 0.1) is 5.92 Å². The lowest BCUT2D eigenvalue weighted by molar-refractivity contribution is -0.159. The van der Waals surface area contributed by atoms with Gasteiger partial charge in [-0.05, 0) is 56.4 Å². The Morgan fingerprint density at radius 3 is 2.70 bits per heavy atom. The van der Waals surface area contributed by atoms with Gasteiger partial charge in [0, 0.05) is 16.3 Å². The van der Waals surface area contributed by atoms with Gasteiger partial charge in [-0.25, -0.2) is 0 Å². The number of hydrogen-bond acceptors (Lipinski definition) is 4. The predicted octanol–water partition coefficient (Wildman–Crippen LogP) is 4.06. The van der Waals surface area contributed by atoms with Crippen LogP contribution in [0.1, 0.15) is 25.5 Å². The number of anilines is 1. The topological polar surface area (TPSA) is 50.8 Å². The number of nitrogens with one attached hydrogen (secondary N) is 1. The normalized spacial score (nSPS) is 25.9. The van der Waals surface area contributed by atoms with Crippen molar-refractivity contribution in [2.75, 3.05) is 11.5 Å². The van der Waals surface area contributed by atoms with Gasteiger partial charge < -0.3 is 14.8 Å². The van der Waals surface area contributed by atoms with Crippen LogP contribution in [-0.4, -0.2) is 23.4 Å². The van der Waals surface area contributed by atoms with E-state index in [0.717, 1.165) is 17.0 Å². The molecule has 5 nitrogen and oxygen atoms in total. The number of halogens is 1. The summed E-state index contributed by atoms with van der Waals surface area (Å²) in [5.74, 6) is -0.206. The van der Waals surface area contributed by atoms with Gasteiger partial charge in [0.15, 0.2) is 5.11 Å². The lowest BCUT2D eigenvalue weighted by Crippen LogP contribution is -2.71. The van der Waals surface area contributed by atoms with Gasteiger partial charge in [0.05, 0.1) is 12.6 Å². The monoisotopic (exact) mass is 402 g/mol. The molecule has 2 bridgehead atoms. The minimum Gasteiger partial charge on any atom is -0.466 e. The van der Waals surface area contributed by atoms with Crippen molar-refractivity contribution in [3.8, 4) is 5.75 Å². The van der Waals surface area contributed by atoms with Crippen LogP contribution in [0.3, 0.4) is 0 Å². The molecule has 0 aliphatic carbocycles. The molecular weight excluding hydrogens is 384 g/mol. The van der Waals surface area contributed by atoms with E-state index in [1.807, 2.05) is 48.2 Å². The van der Waals surface area contributed by atoms with E-state index in [1.165, 1.54) is 0 Å². The van der Waals surface area contributed by atoms with Gasteiger partial charge in [0.2, 0.25) is 5.72 Å². The van der Waals surface area contributed by atoms with Gasteiger partial charge in [-0.15, -0.1) is 0 Å². The van der Waals surface area contributed by atoms with Crippen LogP contribution in [0.5, 0.6) is 5.75 Å². The summed E-state index contributed by atoms with van der Waals surface area (Å²) in [5.41, 5.74) is 0.638. The molecule has 1 N–H and O–H groups in total. The van der Waals surface area contributed by atoms with E-state index in [9.17, 15) is 4.79 Å². The van der Waals surface area contributed by atoms with E-state index in [0.29, 0.717) is 16.7 Å². The number of esters is 1. The zero-order valence-electron chi connectivity index (χ0n) is 14.9. The summed E-state index contributed by atoms with van der Waals surface area (Å²) in [6.07, 6.45) is 0. The second kappa shape index (κ2) is 6.69. The van der Waals surface area contributed by atoms with Crippen molar-refractivity contribution in [3.05, 3.63) is 59.1 Å². The van der Waals surface area contributed by atoms with Gasteiger partial charge in [0.25, 0.3) is 0 Å². The molecule has 27 heavy (non-hydrogen) atoms. The number of rotatable bonds is 3. The average molecular weight is 403 g/mol. The third-order valence-electron chi connectivity index (χ3n) is 5.03. The minimum absolute atomic E-state index is 0.297. The zero-order chi connectivity index (χ0) is 19.2. The standard InChI is InChI=1S/C20H19ClN2O3S/c1-3-25-18(24)16-17-14-6-4-5-7-15(14)26-20(16,2)23(19(27)22-17)13-10-8-12(21)9-11-13/h4-11,16-17H,3H2,1-2H3,(H,22,27)/t16-,17-,20-/m0/s1. The Balaban J connectivity index is 1.88. The second-order valence-electron chi connectivity index (χ2n) is 6.66. The van der Waals surface area contributed by atoms with Crippen molar-refractivity contribution in [1.29, 1.82) is 0 Å². The van der Waals surface area contributed by atoms with Crippen molar-refractivity contribution in [1.82, 2.24) is 5.32 Å². The van der Waals surface area contributed by atoms with Crippen molar-refractivity contribution in [2.45, 2.75) is 25.6 Å².